The summed E-state index contributed by atoms with van der Waals surface area (Å²) >= 11 is 0. The van der Waals surface area contributed by atoms with E-state index in [-0.39, 0.29) is 18.9 Å². The van der Waals surface area contributed by atoms with Crippen molar-refractivity contribution >= 4 is 23.6 Å². The van der Waals surface area contributed by atoms with Crippen molar-refractivity contribution in [2.24, 2.45) is 11.8 Å². The SMILES string of the molecule is O=C(NO)[C@@H]1C[C@H](OC(=O)N2CC[C@@H](O)C2)CC[C@@H]1C(=O)N1CCN(c2ccccc2)CC1. The van der Waals surface area contributed by atoms with Gasteiger partial charge in [0, 0.05) is 45.0 Å². The highest BCUT2D eigenvalue weighted by molar-refractivity contribution is 5.87. The molecule has 10 nitrogen and oxygen atoms in total. The minimum atomic E-state index is -0.773. The number of aliphatic hydroxyl groups excluding tert-OH is 1. The molecule has 2 aliphatic heterocycles. The smallest absolute Gasteiger partial charge is 0.410 e. The third kappa shape index (κ3) is 5.39. The largest absolute Gasteiger partial charge is 0.446 e. The fourth-order valence-electron chi connectivity index (χ4n) is 5.09. The van der Waals surface area contributed by atoms with E-state index in [1.165, 1.54) is 4.90 Å². The summed E-state index contributed by atoms with van der Waals surface area (Å²) in [6.45, 7) is 3.22. The van der Waals surface area contributed by atoms with Crippen molar-refractivity contribution in [2.45, 2.75) is 37.9 Å². The number of hydroxylamine groups is 1. The van der Waals surface area contributed by atoms with Crippen LogP contribution in [0.15, 0.2) is 30.3 Å². The van der Waals surface area contributed by atoms with E-state index in [4.69, 9.17) is 4.74 Å². The molecule has 4 atom stereocenters. The summed E-state index contributed by atoms with van der Waals surface area (Å²) in [5, 5.41) is 18.9. The van der Waals surface area contributed by atoms with Crippen molar-refractivity contribution in [3.8, 4) is 0 Å². The first-order valence-corrected chi connectivity index (χ1v) is 11.6. The van der Waals surface area contributed by atoms with E-state index in [1.807, 2.05) is 30.3 Å². The standard InChI is InChI=1S/C23H32N4O6/c28-17-8-9-27(15-17)23(31)33-18-6-7-19(20(14-18)21(29)24-32)22(30)26-12-10-25(11-13-26)16-4-2-1-3-5-16/h1-5,17-20,28,32H,6-15H2,(H,24,29)/t17-,18-,19+,20-/m1/s1. The first-order valence-electron chi connectivity index (χ1n) is 11.6. The van der Waals surface area contributed by atoms with Crippen LogP contribution in [-0.2, 0) is 14.3 Å². The highest BCUT2D eigenvalue weighted by Gasteiger charge is 2.43. The van der Waals surface area contributed by atoms with E-state index in [0.29, 0.717) is 52.0 Å². The Kier molecular flexibility index (Phi) is 7.34. The van der Waals surface area contributed by atoms with Crippen molar-refractivity contribution in [1.82, 2.24) is 15.3 Å². The molecule has 3 N–H and O–H groups in total. The van der Waals surface area contributed by atoms with Gasteiger partial charge in [0.15, 0.2) is 0 Å². The number of carbonyl (C=O) groups is 3. The van der Waals surface area contributed by atoms with Gasteiger partial charge in [-0.3, -0.25) is 14.8 Å². The van der Waals surface area contributed by atoms with Crippen LogP contribution in [0.5, 0.6) is 0 Å². The number of hydrogen-bond donors (Lipinski definition) is 3. The van der Waals surface area contributed by atoms with Crippen LogP contribution in [0.3, 0.4) is 0 Å². The predicted octanol–water partition coefficient (Wildman–Crippen LogP) is 0.829. The van der Waals surface area contributed by atoms with Gasteiger partial charge in [-0.05, 0) is 37.8 Å². The number of carbonyl (C=O) groups excluding carboxylic acids is 3. The average Bonchev–Trinajstić information content (AvgIpc) is 3.30. The molecule has 33 heavy (non-hydrogen) atoms. The Morgan fingerprint density at radius 3 is 2.27 bits per heavy atom. The molecule has 0 unspecified atom stereocenters. The van der Waals surface area contributed by atoms with Crippen LogP contribution in [0.1, 0.15) is 25.7 Å². The molecule has 2 saturated heterocycles. The molecule has 3 aliphatic rings. The molecule has 1 aromatic rings. The number of aliphatic hydroxyl groups is 1. The maximum atomic E-state index is 13.3. The number of rotatable bonds is 4. The molecule has 10 heteroatoms. The van der Waals surface area contributed by atoms with Crippen molar-refractivity contribution in [3.05, 3.63) is 30.3 Å². The van der Waals surface area contributed by atoms with E-state index in [0.717, 1.165) is 5.69 Å². The van der Waals surface area contributed by atoms with Crippen molar-refractivity contribution < 1.29 is 29.4 Å². The Balaban J connectivity index is 1.34. The lowest BCUT2D eigenvalue weighted by Gasteiger charge is -2.40. The number of amides is 3. The topological polar surface area (TPSA) is 123 Å². The molecule has 2 heterocycles. The second-order valence-electron chi connectivity index (χ2n) is 9.04. The molecule has 1 aliphatic carbocycles. The molecule has 4 rings (SSSR count). The maximum absolute atomic E-state index is 13.3. The number of hydrogen-bond acceptors (Lipinski definition) is 7. The van der Waals surface area contributed by atoms with Gasteiger partial charge in [-0.1, -0.05) is 18.2 Å². The third-order valence-corrected chi connectivity index (χ3v) is 6.97. The van der Waals surface area contributed by atoms with Crippen LogP contribution in [0.2, 0.25) is 0 Å². The molecule has 1 aromatic carbocycles. The molecule has 0 radical (unpaired) electrons. The molecule has 0 spiro atoms. The predicted molar refractivity (Wildman–Crippen MR) is 118 cm³/mol. The maximum Gasteiger partial charge on any atom is 0.410 e. The second-order valence-corrected chi connectivity index (χ2v) is 9.04. The molecule has 0 bridgehead atoms. The van der Waals surface area contributed by atoms with Gasteiger partial charge in [-0.2, -0.15) is 0 Å². The first kappa shape index (κ1) is 23.3. The Hall–Kier alpha value is -2.85. The van der Waals surface area contributed by atoms with Crippen LogP contribution >= 0.6 is 0 Å². The summed E-state index contributed by atoms with van der Waals surface area (Å²) < 4.78 is 5.57. The number of benzene rings is 1. The van der Waals surface area contributed by atoms with E-state index < -0.39 is 36.0 Å². The molecule has 1 saturated carbocycles. The lowest BCUT2D eigenvalue weighted by molar-refractivity contribution is -0.149. The van der Waals surface area contributed by atoms with Gasteiger partial charge in [-0.25, -0.2) is 10.3 Å². The van der Waals surface area contributed by atoms with Crippen molar-refractivity contribution in [3.63, 3.8) is 0 Å². The number of anilines is 1. The van der Waals surface area contributed by atoms with E-state index in [9.17, 15) is 24.7 Å². The van der Waals surface area contributed by atoms with E-state index in [2.05, 4.69) is 4.90 Å². The quantitative estimate of drug-likeness (QED) is 0.449. The molecular formula is C23H32N4O6. The Morgan fingerprint density at radius 2 is 1.64 bits per heavy atom. The van der Waals surface area contributed by atoms with Gasteiger partial charge >= 0.3 is 6.09 Å². The normalized spacial score (nSPS) is 27.9. The van der Waals surface area contributed by atoms with E-state index >= 15 is 0 Å². The summed E-state index contributed by atoms with van der Waals surface area (Å²) in [6.07, 6.45) is -0.00821. The van der Waals surface area contributed by atoms with Gasteiger partial charge in [0.25, 0.3) is 0 Å². The van der Waals surface area contributed by atoms with Gasteiger partial charge in [-0.15, -0.1) is 0 Å². The molecule has 0 aromatic heterocycles. The van der Waals surface area contributed by atoms with Crippen LogP contribution in [-0.4, -0.2) is 89.5 Å². The summed E-state index contributed by atoms with van der Waals surface area (Å²) in [5.74, 6) is -2.06. The molecule has 3 amide bonds. The third-order valence-electron chi connectivity index (χ3n) is 6.97. The fraction of sp³-hybridized carbons (Fsp3) is 0.609. The number of β-amino-alcohol motifs (C(OH)–C–C–N with tert-alkyl or cyclic N) is 1. The molecule has 180 valence electrons. The number of nitrogens with zero attached hydrogens (tertiary/aromatic N) is 3. The molecule has 3 fully saturated rings. The summed E-state index contributed by atoms with van der Waals surface area (Å²) in [7, 11) is 0. The van der Waals surface area contributed by atoms with Gasteiger partial charge in [0.05, 0.1) is 17.9 Å². The number of piperazine rings is 1. The summed E-state index contributed by atoms with van der Waals surface area (Å²) in [6, 6.07) is 10.0. The Labute approximate surface area is 193 Å². The zero-order chi connectivity index (χ0) is 23.4. The Bertz CT molecular complexity index is 845. The second kappa shape index (κ2) is 10.4. The van der Waals surface area contributed by atoms with Crippen LogP contribution in [0.25, 0.3) is 0 Å². The monoisotopic (exact) mass is 460 g/mol. The molecular weight excluding hydrogens is 428 g/mol. The van der Waals surface area contributed by atoms with Crippen LogP contribution in [0, 0.1) is 11.8 Å². The number of nitrogens with one attached hydrogen (secondary N) is 1. The highest BCUT2D eigenvalue weighted by atomic mass is 16.6. The minimum Gasteiger partial charge on any atom is -0.446 e. The van der Waals surface area contributed by atoms with Gasteiger partial charge in [0.2, 0.25) is 11.8 Å². The zero-order valence-corrected chi connectivity index (χ0v) is 18.6. The van der Waals surface area contributed by atoms with Crippen LogP contribution in [0.4, 0.5) is 10.5 Å². The highest BCUT2D eigenvalue weighted by Crippen LogP contribution is 2.34. The van der Waals surface area contributed by atoms with Crippen LogP contribution < -0.4 is 10.4 Å². The van der Waals surface area contributed by atoms with Gasteiger partial charge < -0.3 is 24.5 Å². The Morgan fingerprint density at radius 1 is 0.909 bits per heavy atom. The first-order chi connectivity index (χ1) is 16.0. The summed E-state index contributed by atoms with van der Waals surface area (Å²) in [5.41, 5.74) is 2.80. The fourth-order valence-corrected chi connectivity index (χ4v) is 5.09. The summed E-state index contributed by atoms with van der Waals surface area (Å²) in [4.78, 5) is 43.6. The average molecular weight is 461 g/mol. The zero-order valence-electron chi connectivity index (χ0n) is 18.6. The lowest BCUT2D eigenvalue weighted by Crippen LogP contribution is -2.53. The number of ether oxygens (including phenoxy) is 1. The number of para-hydroxylation sites is 1. The van der Waals surface area contributed by atoms with Gasteiger partial charge in [0.1, 0.15) is 6.10 Å². The van der Waals surface area contributed by atoms with Crippen molar-refractivity contribution in [2.75, 3.05) is 44.2 Å². The lowest BCUT2D eigenvalue weighted by atomic mass is 9.76. The van der Waals surface area contributed by atoms with E-state index in [1.54, 1.807) is 10.4 Å². The minimum absolute atomic E-state index is 0.0937. The van der Waals surface area contributed by atoms with Crippen molar-refractivity contribution in [1.29, 1.82) is 0 Å². The number of likely N-dealkylation sites (tertiary alicyclic amines) is 1.